The van der Waals surface area contributed by atoms with Gasteiger partial charge in [0.05, 0.1) is 12.0 Å². The van der Waals surface area contributed by atoms with Crippen LogP contribution in [0.5, 0.6) is 0 Å². The molecule has 0 radical (unpaired) electrons. The van der Waals surface area contributed by atoms with E-state index in [1.54, 1.807) is 0 Å². The van der Waals surface area contributed by atoms with Gasteiger partial charge >= 0.3 is 11.9 Å². The Balaban J connectivity index is 4.03. The summed E-state index contributed by atoms with van der Waals surface area (Å²) in [5.74, 6) is -1.30. The SMILES string of the molecule is CCCC(O)(CCC)CCC(=O)OOC(C)=O. The molecule has 1 N–H and O–H groups in total. The van der Waals surface area contributed by atoms with Crippen LogP contribution in [0.1, 0.15) is 59.3 Å². The quantitative estimate of drug-likeness (QED) is 0.550. The summed E-state index contributed by atoms with van der Waals surface area (Å²) in [6.45, 7) is 5.12. The lowest BCUT2D eigenvalue weighted by molar-refractivity contribution is -0.257. The van der Waals surface area contributed by atoms with Crippen LogP contribution in [-0.4, -0.2) is 22.6 Å². The molecule has 0 amide bonds. The minimum absolute atomic E-state index is 0.0454. The number of hydrogen-bond acceptors (Lipinski definition) is 5. The van der Waals surface area contributed by atoms with Crippen LogP contribution < -0.4 is 0 Å². The van der Waals surface area contributed by atoms with Crippen molar-refractivity contribution in [1.29, 1.82) is 0 Å². The molecule has 5 nitrogen and oxygen atoms in total. The highest BCUT2D eigenvalue weighted by molar-refractivity contribution is 5.71. The summed E-state index contributed by atoms with van der Waals surface area (Å²) in [6, 6.07) is 0. The third-order valence-electron chi connectivity index (χ3n) is 2.48. The molecular formula is C12H22O5. The van der Waals surface area contributed by atoms with Crippen molar-refractivity contribution in [2.45, 2.75) is 64.9 Å². The number of rotatable bonds is 7. The Bertz CT molecular complexity index is 243. The molecule has 0 atom stereocenters. The lowest BCUT2D eigenvalue weighted by atomic mass is 9.88. The molecule has 5 heteroatoms. The first-order valence-electron chi connectivity index (χ1n) is 6.04. The van der Waals surface area contributed by atoms with Crippen molar-refractivity contribution in [3.05, 3.63) is 0 Å². The van der Waals surface area contributed by atoms with E-state index in [4.69, 9.17) is 0 Å². The molecule has 0 heterocycles. The molecule has 0 aromatic carbocycles. The van der Waals surface area contributed by atoms with Gasteiger partial charge in [-0.25, -0.2) is 19.4 Å². The summed E-state index contributed by atoms with van der Waals surface area (Å²) in [7, 11) is 0. The molecule has 0 bridgehead atoms. The number of carbonyl (C=O) groups excluding carboxylic acids is 2. The molecule has 0 fully saturated rings. The molecule has 17 heavy (non-hydrogen) atoms. The summed E-state index contributed by atoms with van der Waals surface area (Å²) in [5.41, 5.74) is -0.821. The van der Waals surface area contributed by atoms with Crippen LogP contribution in [0, 0.1) is 0 Å². The highest BCUT2D eigenvalue weighted by Crippen LogP contribution is 2.25. The highest BCUT2D eigenvalue weighted by Gasteiger charge is 2.26. The van der Waals surface area contributed by atoms with Crippen LogP contribution in [0.4, 0.5) is 0 Å². The van der Waals surface area contributed by atoms with E-state index >= 15 is 0 Å². The minimum atomic E-state index is -0.821. The van der Waals surface area contributed by atoms with Crippen molar-refractivity contribution >= 4 is 11.9 Å². The Kier molecular flexibility index (Phi) is 7.54. The number of hydrogen-bond donors (Lipinski definition) is 1. The Morgan fingerprint density at radius 1 is 1.06 bits per heavy atom. The van der Waals surface area contributed by atoms with E-state index in [-0.39, 0.29) is 6.42 Å². The maximum Gasteiger partial charge on any atom is 0.355 e. The van der Waals surface area contributed by atoms with Crippen LogP contribution in [0.25, 0.3) is 0 Å². The molecule has 0 aromatic heterocycles. The van der Waals surface area contributed by atoms with Crippen molar-refractivity contribution in [2.75, 3.05) is 0 Å². The lowest BCUT2D eigenvalue weighted by Gasteiger charge is -2.26. The fourth-order valence-electron chi connectivity index (χ4n) is 1.79. The van der Waals surface area contributed by atoms with Gasteiger partial charge in [0.15, 0.2) is 0 Å². The Labute approximate surface area is 102 Å². The summed E-state index contributed by atoms with van der Waals surface area (Å²) in [6.07, 6.45) is 3.40. The molecule has 0 aromatic rings. The molecule has 0 aliphatic carbocycles. The second-order valence-corrected chi connectivity index (χ2v) is 4.25. The Morgan fingerprint density at radius 2 is 1.59 bits per heavy atom. The first-order valence-corrected chi connectivity index (χ1v) is 6.04. The summed E-state index contributed by atoms with van der Waals surface area (Å²) in [4.78, 5) is 30.0. The molecule has 0 unspecified atom stereocenters. The predicted octanol–water partition coefficient (Wildman–Crippen LogP) is 2.12. The van der Waals surface area contributed by atoms with Crippen molar-refractivity contribution in [2.24, 2.45) is 0 Å². The second kappa shape index (κ2) is 8.06. The number of carbonyl (C=O) groups is 2. The van der Waals surface area contributed by atoms with Gasteiger partial charge in [-0.2, -0.15) is 0 Å². The van der Waals surface area contributed by atoms with Crippen LogP contribution in [-0.2, 0) is 19.4 Å². The smallest absolute Gasteiger partial charge is 0.355 e. The van der Waals surface area contributed by atoms with Crippen molar-refractivity contribution in [3.8, 4) is 0 Å². The summed E-state index contributed by atoms with van der Waals surface area (Å²) in [5, 5.41) is 10.2. The van der Waals surface area contributed by atoms with Gasteiger partial charge in [-0.1, -0.05) is 26.7 Å². The molecule has 0 aliphatic rings. The van der Waals surface area contributed by atoms with E-state index in [2.05, 4.69) is 9.78 Å². The van der Waals surface area contributed by atoms with E-state index in [9.17, 15) is 14.7 Å². The molecule has 100 valence electrons. The third-order valence-corrected chi connectivity index (χ3v) is 2.48. The molecule has 0 saturated heterocycles. The van der Waals surface area contributed by atoms with Gasteiger partial charge < -0.3 is 5.11 Å². The molecule has 0 aliphatic heterocycles. The lowest BCUT2D eigenvalue weighted by Crippen LogP contribution is -2.29. The van der Waals surface area contributed by atoms with Gasteiger partial charge in [0.25, 0.3) is 0 Å². The Morgan fingerprint density at radius 3 is 2.00 bits per heavy atom. The van der Waals surface area contributed by atoms with E-state index in [0.29, 0.717) is 19.3 Å². The molecule has 0 spiro atoms. The topological polar surface area (TPSA) is 72.8 Å². The van der Waals surface area contributed by atoms with Crippen molar-refractivity contribution < 1.29 is 24.5 Å². The van der Waals surface area contributed by atoms with E-state index < -0.39 is 17.5 Å². The largest absolute Gasteiger partial charge is 0.390 e. The first kappa shape index (κ1) is 15.9. The van der Waals surface area contributed by atoms with Crippen LogP contribution in [0.2, 0.25) is 0 Å². The fourth-order valence-corrected chi connectivity index (χ4v) is 1.79. The van der Waals surface area contributed by atoms with Crippen molar-refractivity contribution in [3.63, 3.8) is 0 Å². The average Bonchev–Trinajstić information content (AvgIpc) is 2.24. The van der Waals surface area contributed by atoms with Gasteiger partial charge in [0, 0.05) is 6.92 Å². The van der Waals surface area contributed by atoms with E-state index in [1.807, 2.05) is 13.8 Å². The zero-order chi connectivity index (χ0) is 13.3. The Hall–Kier alpha value is -1.10. The minimum Gasteiger partial charge on any atom is -0.390 e. The van der Waals surface area contributed by atoms with Gasteiger partial charge in [0.1, 0.15) is 0 Å². The zero-order valence-electron chi connectivity index (χ0n) is 10.8. The van der Waals surface area contributed by atoms with E-state index in [0.717, 1.165) is 19.8 Å². The molecular weight excluding hydrogens is 224 g/mol. The monoisotopic (exact) mass is 246 g/mol. The molecule has 0 saturated carbocycles. The maximum absolute atomic E-state index is 11.2. The van der Waals surface area contributed by atoms with E-state index in [1.165, 1.54) is 0 Å². The van der Waals surface area contributed by atoms with Crippen LogP contribution in [0.3, 0.4) is 0 Å². The van der Waals surface area contributed by atoms with Crippen LogP contribution in [0.15, 0.2) is 0 Å². The van der Waals surface area contributed by atoms with Gasteiger partial charge in [-0.15, -0.1) is 0 Å². The highest BCUT2D eigenvalue weighted by atomic mass is 17.2. The summed E-state index contributed by atoms with van der Waals surface area (Å²) < 4.78 is 0. The second-order valence-electron chi connectivity index (χ2n) is 4.25. The van der Waals surface area contributed by atoms with Crippen LogP contribution >= 0.6 is 0 Å². The first-order chi connectivity index (χ1) is 7.93. The normalized spacial score (nSPS) is 11.1. The van der Waals surface area contributed by atoms with Gasteiger partial charge in [0.2, 0.25) is 0 Å². The maximum atomic E-state index is 11.2. The summed E-state index contributed by atoms with van der Waals surface area (Å²) >= 11 is 0. The third kappa shape index (κ3) is 7.74. The standard InChI is InChI=1S/C12H22O5/c1-4-7-12(15,8-5-2)9-6-11(14)17-16-10(3)13/h15H,4-9H2,1-3H3. The zero-order valence-corrected chi connectivity index (χ0v) is 10.8. The van der Waals surface area contributed by atoms with Gasteiger partial charge in [-0.3, -0.25) is 0 Å². The molecule has 0 rings (SSSR count). The van der Waals surface area contributed by atoms with Crippen molar-refractivity contribution in [1.82, 2.24) is 0 Å². The number of aliphatic hydroxyl groups is 1. The predicted molar refractivity (Wildman–Crippen MR) is 61.9 cm³/mol. The van der Waals surface area contributed by atoms with Gasteiger partial charge in [-0.05, 0) is 19.3 Å². The fraction of sp³-hybridized carbons (Fsp3) is 0.833. The average molecular weight is 246 g/mol.